The number of likely N-dealkylation sites (tertiary alicyclic amines) is 1. The van der Waals surface area contributed by atoms with E-state index in [2.05, 4.69) is 0 Å². The van der Waals surface area contributed by atoms with E-state index in [1.807, 2.05) is 51.1 Å². The summed E-state index contributed by atoms with van der Waals surface area (Å²) < 4.78 is 11.1. The first-order valence-electron chi connectivity index (χ1n) is 7.64. The van der Waals surface area contributed by atoms with Gasteiger partial charge >= 0.3 is 6.09 Å². The zero-order valence-corrected chi connectivity index (χ0v) is 13.5. The van der Waals surface area contributed by atoms with E-state index >= 15 is 0 Å². The van der Waals surface area contributed by atoms with Crippen LogP contribution in [0.2, 0.25) is 0 Å². The number of carbonyl (C=O) groups excluding carboxylic acids is 1. The second kappa shape index (κ2) is 7.11. The molecule has 5 nitrogen and oxygen atoms in total. The predicted octanol–water partition coefficient (Wildman–Crippen LogP) is 2.57. The van der Waals surface area contributed by atoms with Gasteiger partial charge in [-0.1, -0.05) is 30.3 Å². The fourth-order valence-corrected chi connectivity index (χ4v) is 2.48. The first kappa shape index (κ1) is 16.8. The molecule has 0 bridgehead atoms. The number of rotatable bonds is 4. The van der Waals surface area contributed by atoms with Gasteiger partial charge in [0.25, 0.3) is 0 Å². The van der Waals surface area contributed by atoms with Crippen LogP contribution in [0.4, 0.5) is 4.79 Å². The van der Waals surface area contributed by atoms with E-state index in [0.717, 1.165) is 5.56 Å². The molecule has 2 atom stereocenters. The van der Waals surface area contributed by atoms with Crippen LogP contribution in [0.25, 0.3) is 0 Å². The maximum absolute atomic E-state index is 12.2. The highest BCUT2D eigenvalue weighted by atomic mass is 16.6. The number of amides is 1. The Bertz CT molecular complexity index is 483. The Balaban J connectivity index is 1.86. The van der Waals surface area contributed by atoms with Crippen LogP contribution >= 0.6 is 0 Å². The molecule has 1 N–H and O–H groups in total. The lowest BCUT2D eigenvalue weighted by Crippen LogP contribution is -2.42. The lowest BCUT2D eigenvalue weighted by Gasteiger charge is -2.28. The van der Waals surface area contributed by atoms with Gasteiger partial charge in [0.15, 0.2) is 0 Å². The van der Waals surface area contributed by atoms with Gasteiger partial charge in [-0.25, -0.2) is 4.79 Å². The van der Waals surface area contributed by atoms with Gasteiger partial charge in [0.1, 0.15) is 5.60 Å². The van der Waals surface area contributed by atoms with Crippen LogP contribution in [-0.2, 0) is 16.1 Å². The van der Waals surface area contributed by atoms with E-state index in [4.69, 9.17) is 9.47 Å². The van der Waals surface area contributed by atoms with Crippen molar-refractivity contribution in [3.05, 3.63) is 35.9 Å². The number of benzene rings is 1. The Labute approximate surface area is 131 Å². The predicted molar refractivity (Wildman–Crippen MR) is 83.4 cm³/mol. The number of aliphatic hydroxyl groups is 1. The quantitative estimate of drug-likeness (QED) is 0.929. The summed E-state index contributed by atoms with van der Waals surface area (Å²) in [5.41, 5.74) is 0.546. The SMILES string of the molecule is CC(C)(C)OC(=O)N1C[C@H](O)C[C@H]1COCc1ccccc1. The minimum absolute atomic E-state index is 0.145. The van der Waals surface area contributed by atoms with Crippen molar-refractivity contribution >= 4 is 6.09 Å². The van der Waals surface area contributed by atoms with Gasteiger partial charge in [-0.2, -0.15) is 0 Å². The Hall–Kier alpha value is -1.59. The molecule has 0 aliphatic carbocycles. The molecule has 1 heterocycles. The Morgan fingerprint density at radius 1 is 1.32 bits per heavy atom. The largest absolute Gasteiger partial charge is 0.444 e. The number of hydrogen-bond acceptors (Lipinski definition) is 4. The maximum Gasteiger partial charge on any atom is 0.410 e. The van der Waals surface area contributed by atoms with Gasteiger partial charge in [0.05, 0.1) is 31.9 Å². The van der Waals surface area contributed by atoms with Crippen LogP contribution in [0.3, 0.4) is 0 Å². The Kier molecular flexibility index (Phi) is 5.42. The summed E-state index contributed by atoms with van der Waals surface area (Å²) in [6, 6.07) is 9.73. The zero-order chi connectivity index (χ0) is 16.2. The Morgan fingerprint density at radius 2 is 2.00 bits per heavy atom. The van der Waals surface area contributed by atoms with E-state index in [0.29, 0.717) is 26.2 Å². The maximum atomic E-state index is 12.2. The van der Waals surface area contributed by atoms with Crippen molar-refractivity contribution in [3.63, 3.8) is 0 Å². The van der Waals surface area contributed by atoms with Crippen molar-refractivity contribution in [2.75, 3.05) is 13.2 Å². The van der Waals surface area contributed by atoms with Crippen molar-refractivity contribution < 1.29 is 19.4 Å². The first-order chi connectivity index (χ1) is 10.3. The summed E-state index contributed by atoms with van der Waals surface area (Å²) in [5, 5.41) is 9.83. The normalized spacial score (nSPS) is 21.9. The average Bonchev–Trinajstić information content (AvgIpc) is 2.79. The summed E-state index contributed by atoms with van der Waals surface area (Å²) in [7, 11) is 0. The molecular formula is C17H25NO4. The second-order valence-corrected chi connectivity index (χ2v) is 6.68. The third kappa shape index (κ3) is 5.00. The number of carbonyl (C=O) groups is 1. The molecule has 2 rings (SSSR count). The summed E-state index contributed by atoms with van der Waals surface area (Å²) in [6.07, 6.45) is -0.385. The molecule has 1 fully saturated rings. The molecule has 1 saturated heterocycles. The van der Waals surface area contributed by atoms with Gasteiger partial charge < -0.3 is 19.5 Å². The van der Waals surface area contributed by atoms with Gasteiger partial charge in [-0.05, 0) is 32.8 Å². The van der Waals surface area contributed by atoms with Gasteiger partial charge in [-0.15, -0.1) is 0 Å². The van der Waals surface area contributed by atoms with E-state index in [1.165, 1.54) is 0 Å². The standard InChI is InChI=1S/C17H25NO4/c1-17(2,3)22-16(20)18-10-15(19)9-14(18)12-21-11-13-7-5-4-6-8-13/h4-8,14-15,19H,9-12H2,1-3H3/t14-,15+/m0/s1. The number of nitrogens with zero attached hydrogens (tertiary/aromatic N) is 1. The number of ether oxygens (including phenoxy) is 2. The van der Waals surface area contributed by atoms with Crippen LogP contribution < -0.4 is 0 Å². The lowest BCUT2D eigenvalue weighted by atomic mass is 10.2. The lowest BCUT2D eigenvalue weighted by molar-refractivity contribution is 0.00815. The summed E-state index contributed by atoms with van der Waals surface area (Å²) in [6.45, 7) is 6.68. The highest BCUT2D eigenvalue weighted by molar-refractivity contribution is 5.69. The van der Waals surface area contributed by atoms with E-state index in [-0.39, 0.29) is 6.04 Å². The monoisotopic (exact) mass is 307 g/mol. The van der Waals surface area contributed by atoms with Crippen LogP contribution in [0.1, 0.15) is 32.8 Å². The molecule has 0 radical (unpaired) electrons. The molecule has 0 aromatic heterocycles. The number of hydrogen-bond donors (Lipinski definition) is 1. The molecule has 5 heteroatoms. The zero-order valence-electron chi connectivity index (χ0n) is 13.5. The molecule has 1 aromatic rings. The molecule has 0 spiro atoms. The Morgan fingerprint density at radius 3 is 2.64 bits per heavy atom. The summed E-state index contributed by atoms with van der Waals surface area (Å²) in [4.78, 5) is 13.8. The third-order valence-corrected chi connectivity index (χ3v) is 3.44. The molecule has 1 aliphatic rings. The fraction of sp³-hybridized carbons (Fsp3) is 0.588. The van der Waals surface area contributed by atoms with Crippen LogP contribution in [0, 0.1) is 0 Å². The van der Waals surface area contributed by atoms with Gasteiger partial charge in [0.2, 0.25) is 0 Å². The molecule has 1 aliphatic heterocycles. The van der Waals surface area contributed by atoms with Crippen molar-refractivity contribution in [1.82, 2.24) is 4.90 Å². The second-order valence-electron chi connectivity index (χ2n) is 6.68. The molecule has 0 unspecified atom stereocenters. The molecule has 1 aromatic carbocycles. The topological polar surface area (TPSA) is 59.0 Å². The minimum atomic E-state index is -0.542. The summed E-state index contributed by atoms with van der Waals surface area (Å²) in [5.74, 6) is 0. The van der Waals surface area contributed by atoms with E-state index in [9.17, 15) is 9.90 Å². The van der Waals surface area contributed by atoms with Crippen molar-refractivity contribution in [1.29, 1.82) is 0 Å². The van der Waals surface area contributed by atoms with Crippen molar-refractivity contribution in [3.8, 4) is 0 Å². The molecular weight excluding hydrogens is 282 g/mol. The molecule has 0 saturated carbocycles. The third-order valence-electron chi connectivity index (χ3n) is 3.44. The molecule has 122 valence electrons. The van der Waals surface area contributed by atoms with Crippen molar-refractivity contribution in [2.24, 2.45) is 0 Å². The highest BCUT2D eigenvalue weighted by Gasteiger charge is 2.36. The van der Waals surface area contributed by atoms with Crippen molar-refractivity contribution in [2.45, 2.75) is 51.5 Å². The van der Waals surface area contributed by atoms with Crippen LogP contribution in [0.5, 0.6) is 0 Å². The molecule has 22 heavy (non-hydrogen) atoms. The van der Waals surface area contributed by atoms with Gasteiger partial charge in [0, 0.05) is 0 Å². The van der Waals surface area contributed by atoms with Gasteiger partial charge in [-0.3, -0.25) is 0 Å². The number of β-amino-alcohol motifs (C(OH)–C–C–N with tert-alkyl or cyclic N) is 1. The van der Waals surface area contributed by atoms with E-state index < -0.39 is 17.8 Å². The first-order valence-corrected chi connectivity index (χ1v) is 7.64. The van der Waals surface area contributed by atoms with Crippen LogP contribution in [-0.4, -0.2) is 47.0 Å². The fourth-order valence-electron chi connectivity index (χ4n) is 2.48. The smallest absolute Gasteiger partial charge is 0.410 e. The summed E-state index contributed by atoms with van der Waals surface area (Å²) >= 11 is 0. The van der Waals surface area contributed by atoms with Crippen LogP contribution in [0.15, 0.2) is 30.3 Å². The average molecular weight is 307 g/mol. The number of aliphatic hydroxyl groups excluding tert-OH is 1. The van der Waals surface area contributed by atoms with E-state index in [1.54, 1.807) is 4.90 Å². The minimum Gasteiger partial charge on any atom is -0.444 e. The molecule has 1 amide bonds. The highest BCUT2D eigenvalue weighted by Crippen LogP contribution is 2.22.